The Morgan fingerprint density at radius 1 is 0.938 bits per heavy atom. The number of carbonyl (C=O) groups excluding carboxylic acids is 1. The average molecular weight is 459 g/mol. The van der Waals surface area contributed by atoms with Crippen LogP contribution in [-0.4, -0.2) is 62.6 Å². The van der Waals surface area contributed by atoms with E-state index in [0.29, 0.717) is 19.0 Å². The molecule has 2 heterocycles. The molecule has 1 aliphatic carbocycles. The normalized spacial score (nSPS) is 15.7. The predicted molar refractivity (Wildman–Crippen MR) is 127 cm³/mol. The van der Waals surface area contributed by atoms with Gasteiger partial charge in [-0.05, 0) is 37.3 Å². The zero-order chi connectivity index (χ0) is 22.5. The molecule has 1 aliphatic heterocycles. The minimum absolute atomic E-state index is 0.00681. The summed E-state index contributed by atoms with van der Waals surface area (Å²) < 4.78 is 19.4. The summed E-state index contributed by atoms with van der Waals surface area (Å²) in [5.41, 5.74) is 4.15. The number of carbonyl (C=O) groups is 1. The van der Waals surface area contributed by atoms with Crippen LogP contribution in [0.5, 0.6) is 17.4 Å². The van der Waals surface area contributed by atoms with Gasteiger partial charge in [-0.3, -0.25) is 4.79 Å². The minimum Gasteiger partial charge on any atom is -0.497 e. The highest BCUT2D eigenvalue weighted by Crippen LogP contribution is 2.32. The van der Waals surface area contributed by atoms with Crippen LogP contribution in [0, 0.1) is 0 Å². The van der Waals surface area contributed by atoms with E-state index in [1.807, 2.05) is 23.1 Å². The summed E-state index contributed by atoms with van der Waals surface area (Å²) in [6.45, 7) is 2.78. The summed E-state index contributed by atoms with van der Waals surface area (Å²) in [4.78, 5) is 21.6. The molecule has 1 aromatic heterocycles. The Bertz CT molecular complexity index is 941. The molecule has 0 atom stereocenters. The molecule has 172 valence electrons. The van der Waals surface area contributed by atoms with Gasteiger partial charge in [0.25, 0.3) is 0 Å². The smallest absolute Gasteiger partial charge is 0.302 e. The molecule has 1 N–H and O–H groups in total. The van der Waals surface area contributed by atoms with Crippen LogP contribution in [-0.2, 0) is 12.8 Å². The highest BCUT2D eigenvalue weighted by Gasteiger charge is 2.23. The van der Waals surface area contributed by atoms with E-state index in [0.717, 1.165) is 72.9 Å². The van der Waals surface area contributed by atoms with Gasteiger partial charge in [0.1, 0.15) is 17.2 Å². The molecule has 32 heavy (non-hydrogen) atoms. The number of nitrogens with one attached hydrogen (secondary N) is 1. The maximum absolute atomic E-state index is 12.8. The van der Waals surface area contributed by atoms with Crippen LogP contribution in [0.15, 0.2) is 24.3 Å². The zero-order valence-electron chi connectivity index (χ0n) is 18.8. The van der Waals surface area contributed by atoms with E-state index in [4.69, 9.17) is 14.2 Å². The fraction of sp³-hybridized carbons (Fsp3) is 0.478. The van der Waals surface area contributed by atoms with Gasteiger partial charge in [0.2, 0.25) is 5.88 Å². The van der Waals surface area contributed by atoms with Crippen molar-refractivity contribution in [3.05, 3.63) is 35.5 Å². The van der Waals surface area contributed by atoms with Crippen LogP contribution in [0.4, 0.5) is 16.2 Å². The van der Waals surface area contributed by atoms with Gasteiger partial charge < -0.3 is 28.7 Å². The molecule has 0 unspecified atom stereocenters. The van der Waals surface area contributed by atoms with E-state index in [9.17, 15) is 4.79 Å². The van der Waals surface area contributed by atoms with E-state index in [2.05, 4.69) is 20.7 Å². The molecule has 0 bridgehead atoms. The van der Waals surface area contributed by atoms with Crippen LogP contribution in [0.25, 0.3) is 0 Å². The maximum atomic E-state index is 12.8. The summed E-state index contributed by atoms with van der Waals surface area (Å²) in [6.07, 6.45) is 4.35. The number of hydrogen-bond acceptors (Lipinski definition) is 8. The lowest BCUT2D eigenvalue weighted by Crippen LogP contribution is -2.47. The molecule has 4 rings (SSSR count). The maximum Gasteiger partial charge on any atom is 0.302 e. The van der Waals surface area contributed by atoms with Gasteiger partial charge >= 0.3 is 5.24 Å². The summed E-state index contributed by atoms with van der Waals surface area (Å²) in [7, 11) is 4.90. The van der Waals surface area contributed by atoms with Crippen LogP contribution in [0.2, 0.25) is 0 Å². The van der Waals surface area contributed by atoms with Crippen molar-refractivity contribution in [2.24, 2.45) is 0 Å². The van der Waals surface area contributed by atoms with E-state index in [-0.39, 0.29) is 5.24 Å². The first-order valence-electron chi connectivity index (χ1n) is 10.9. The van der Waals surface area contributed by atoms with Gasteiger partial charge in [-0.2, -0.15) is 0 Å². The van der Waals surface area contributed by atoms with Crippen LogP contribution in [0.3, 0.4) is 0 Å². The van der Waals surface area contributed by atoms with Gasteiger partial charge in [-0.25, -0.2) is 4.98 Å². The molecule has 0 saturated carbocycles. The van der Waals surface area contributed by atoms with Gasteiger partial charge in [0.05, 0.1) is 21.3 Å². The fourth-order valence-corrected chi connectivity index (χ4v) is 4.78. The standard InChI is InChI=1S/C23H30N4O4S/c1-29-18-13-17(14-19(15-18)30-2)26-8-10-27(11-9-26)23(28)32-25-21-12-16-6-4-5-7-20(16)24-22(21)31-3/h12-15,25H,4-11H2,1-3H3. The summed E-state index contributed by atoms with van der Waals surface area (Å²) in [5.74, 6) is 2.05. The van der Waals surface area contributed by atoms with E-state index >= 15 is 0 Å². The second-order valence-corrected chi connectivity index (χ2v) is 8.63. The number of benzene rings is 1. The van der Waals surface area contributed by atoms with Crippen molar-refractivity contribution in [2.75, 3.05) is 57.1 Å². The first-order valence-corrected chi connectivity index (χ1v) is 11.7. The summed E-state index contributed by atoms with van der Waals surface area (Å²) in [5, 5.41) is -0.00681. The van der Waals surface area contributed by atoms with Crippen molar-refractivity contribution in [3.8, 4) is 17.4 Å². The molecule has 1 aromatic carbocycles. The second kappa shape index (κ2) is 10.2. The highest BCUT2D eigenvalue weighted by atomic mass is 32.2. The number of anilines is 2. The Kier molecular flexibility index (Phi) is 7.14. The summed E-state index contributed by atoms with van der Waals surface area (Å²) in [6, 6.07) is 7.92. The predicted octanol–water partition coefficient (Wildman–Crippen LogP) is 3.99. The van der Waals surface area contributed by atoms with Crippen LogP contribution >= 0.6 is 11.9 Å². The van der Waals surface area contributed by atoms with Crippen molar-refractivity contribution in [3.63, 3.8) is 0 Å². The van der Waals surface area contributed by atoms with E-state index in [1.165, 1.54) is 12.0 Å². The Balaban J connectivity index is 1.34. The molecule has 1 fully saturated rings. The number of amides is 1. The molecule has 8 nitrogen and oxygen atoms in total. The van der Waals surface area contributed by atoms with Gasteiger partial charge in [-0.1, -0.05) is 0 Å². The van der Waals surface area contributed by atoms with E-state index < -0.39 is 0 Å². The van der Waals surface area contributed by atoms with Crippen molar-refractivity contribution in [2.45, 2.75) is 25.7 Å². The third-order valence-electron chi connectivity index (χ3n) is 5.95. The van der Waals surface area contributed by atoms with Crippen molar-refractivity contribution >= 4 is 28.6 Å². The number of pyridine rings is 1. The third kappa shape index (κ3) is 4.98. The molecule has 1 amide bonds. The SMILES string of the molecule is COc1cc(OC)cc(N2CCN(C(=O)SNc3cc4c(nc3OC)CCCC4)CC2)c1. The van der Waals surface area contributed by atoms with Crippen LogP contribution < -0.4 is 23.8 Å². The number of rotatable bonds is 6. The number of hydrogen-bond donors (Lipinski definition) is 1. The fourth-order valence-electron chi connectivity index (χ4n) is 4.13. The Morgan fingerprint density at radius 3 is 2.28 bits per heavy atom. The van der Waals surface area contributed by atoms with Crippen molar-refractivity contribution < 1.29 is 19.0 Å². The van der Waals surface area contributed by atoms with Gasteiger partial charge in [0, 0.05) is 67.7 Å². The Morgan fingerprint density at radius 2 is 1.62 bits per heavy atom. The molecule has 0 radical (unpaired) electrons. The number of methoxy groups -OCH3 is 3. The number of nitrogens with zero attached hydrogens (tertiary/aromatic N) is 3. The Hall–Kier alpha value is -2.81. The quantitative estimate of drug-likeness (QED) is 0.652. The molecule has 1 saturated heterocycles. The molecule has 0 spiro atoms. The second-order valence-electron chi connectivity index (χ2n) is 7.87. The molecule has 2 aliphatic rings. The first-order chi connectivity index (χ1) is 15.6. The topological polar surface area (TPSA) is 76.2 Å². The minimum atomic E-state index is -0.00681. The molecular weight excluding hydrogens is 428 g/mol. The van der Waals surface area contributed by atoms with Gasteiger partial charge in [-0.15, -0.1) is 0 Å². The average Bonchev–Trinajstić information content (AvgIpc) is 2.86. The number of fused-ring (bicyclic) bond motifs is 1. The monoisotopic (exact) mass is 458 g/mol. The lowest BCUT2D eigenvalue weighted by atomic mass is 9.96. The number of aromatic nitrogens is 1. The number of ether oxygens (including phenoxy) is 3. The number of piperazine rings is 1. The highest BCUT2D eigenvalue weighted by molar-refractivity contribution is 8.14. The molecule has 9 heteroatoms. The van der Waals surface area contributed by atoms with Gasteiger partial charge in [0.15, 0.2) is 0 Å². The van der Waals surface area contributed by atoms with Crippen molar-refractivity contribution in [1.82, 2.24) is 9.88 Å². The van der Waals surface area contributed by atoms with Crippen molar-refractivity contribution in [1.29, 1.82) is 0 Å². The largest absolute Gasteiger partial charge is 0.497 e. The zero-order valence-corrected chi connectivity index (χ0v) is 19.7. The number of aryl methyl sites for hydroxylation is 2. The molecule has 2 aromatic rings. The first kappa shape index (κ1) is 22.4. The Labute approximate surface area is 193 Å². The lowest BCUT2D eigenvalue weighted by molar-refractivity contribution is 0.219. The third-order valence-corrected chi connectivity index (χ3v) is 6.70. The summed E-state index contributed by atoms with van der Waals surface area (Å²) >= 11 is 1.08. The lowest BCUT2D eigenvalue weighted by Gasteiger charge is -2.36. The van der Waals surface area contributed by atoms with Crippen LogP contribution in [0.1, 0.15) is 24.1 Å². The molecular formula is C23H30N4O4S. The van der Waals surface area contributed by atoms with E-state index in [1.54, 1.807) is 21.3 Å².